The number of carbonyl (C=O) groups is 2. The van der Waals surface area contributed by atoms with E-state index in [1.807, 2.05) is 44.2 Å². The predicted octanol–water partition coefficient (Wildman–Crippen LogP) is 4.51. The number of nitrogens with one attached hydrogen (secondary N) is 1. The van der Waals surface area contributed by atoms with Gasteiger partial charge in [-0.3, -0.25) is 24.0 Å². The molecule has 0 spiro atoms. The molecule has 0 unspecified atom stereocenters. The Hall–Kier alpha value is -4.25. The van der Waals surface area contributed by atoms with Crippen molar-refractivity contribution >= 4 is 33.2 Å². The second-order valence-electron chi connectivity index (χ2n) is 9.35. The summed E-state index contributed by atoms with van der Waals surface area (Å²) in [5.74, 6) is -0.915. The number of nitro groups is 1. The minimum absolute atomic E-state index is 0.0442. The summed E-state index contributed by atoms with van der Waals surface area (Å²) in [6.45, 7) is 5.08. The van der Waals surface area contributed by atoms with Gasteiger partial charge in [0.25, 0.3) is 15.7 Å². The van der Waals surface area contributed by atoms with E-state index in [9.17, 15) is 28.1 Å². The van der Waals surface area contributed by atoms with Gasteiger partial charge < -0.3 is 10.2 Å². The lowest BCUT2D eigenvalue weighted by atomic mass is 10.1. The summed E-state index contributed by atoms with van der Waals surface area (Å²) in [6, 6.07) is 20.8. The second-order valence-corrected chi connectivity index (χ2v) is 11.2. The first-order valence-corrected chi connectivity index (χ1v) is 14.5. The quantitative estimate of drug-likeness (QED) is 0.239. The molecule has 3 aromatic carbocycles. The summed E-state index contributed by atoms with van der Waals surface area (Å²) in [5, 5.41) is 14.1. The average molecular weight is 567 g/mol. The van der Waals surface area contributed by atoms with Crippen LogP contribution in [0.3, 0.4) is 0 Å². The Morgan fingerprint density at radius 2 is 1.48 bits per heavy atom. The van der Waals surface area contributed by atoms with Gasteiger partial charge in [-0.05, 0) is 49.6 Å². The largest absolute Gasteiger partial charge is 0.352 e. The van der Waals surface area contributed by atoms with E-state index in [4.69, 9.17) is 0 Å². The minimum atomic E-state index is -4.25. The van der Waals surface area contributed by atoms with E-state index >= 15 is 0 Å². The van der Waals surface area contributed by atoms with Crippen molar-refractivity contribution in [1.82, 2.24) is 10.2 Å². The van der Waals surface area contributed by atoms with Gasteiger partial charge in [-0.1, -0.05) is 62.4 Å². The molecule has 0 aliphatic carbocycles. The van der Waals surface area contributed by atoms with E-state index in [0.29, 0.717) is 12.8 Å². The number of carbonyl (C=O) groups excluding carboxylic acids is 2. The van der Waals surface area contributed by atoms with Crippen molar-refractivity contribution in [1.29, 1.82) is 0 Å². The maximum Gasteiger partial charge on any atom is 0.269 e. The van der Waals surface area contributed by atoms with Gasteiger partial charge in [0.15, 0.2) is 0 Å². The molecule has 2 amide bonds. The van der Waals surface area contributed by atoms with Crippen LogP contribution < -0.4 is 9.62 Å². The second kappa shape index (κ2) is 13.7. The van der Waals surface area contributed by atoms with Gasteiger partial charge in [-0.15, -0.1) is 0 Å². The zero-order valence-corrected chi connectivity index (χ0v) is 23.6. The Morgan fingerprint density at radius 3 is 2.00 bits per heavy atom. The molecule has 3 rings (SSSR count). The zero-order chi connectivity index (χ0) is 29.3. The van der Waals surface area contributed by atoms with Crippen molar-refractivity contribution in [3.8, 4) is 0 Å². The number of sulfonamides is 1. The van der Waals surface area contributed by atoms with Crippen LogP contribution in [0.1, 0.15) is 39.2 Å². The molecule has 11 heteroatoms. The van der Waals surface area contributed by atoms with E-state index in [0.717, 1.165) is 9.87 Å². The van der Waals surface area contributed by atoms with Gasteiger partial charge in [0.1, 0.15) is 12.6 Å². The molecule has 3 aromatic rings. The van der Waals surface area contributed by atoms with Crippen molar-refractivity contribution in [2.24, 2.45) is 0 Å². The van der Waals surface area contributed by atoms with E-state index < -0.39 is 33.4 Å². The molecule has 2 atom stereocenters. The molecule has 0 saturated heterocycles. The summed E-state index contributed by atoms with van der Waals surface area (Å²) >= 11 is 0. The molecule has 0 fully saturated rings. The van der Waals surface area contributed by atoms with Crippen LogP contribution in [0.5, 0.6) is 0 Å². The zero-order valence-electron chi connectivity index (χ0n) is 22.8. The normalized spacial score (nSPS) is 12.7. The lowest BCUT2D eigenvalue weighted by Gasteiger charge is -2.33. The molecule has 0 saturated carbocycles. The molecule has 10 nitrogen and oxygen atoms in total. The number of benzene rings is 3. The summed E-state index contributed by atoms with van der Waals surface area (Å²) in [7, 11) is -4.25. The Labute approximate surface area is 234 Å². The summed E-state index contributed by atoms with van der Waals surface area (Å²) in [5.41, 5.74) is 0.642. The SMILES string of the molecule is CC[C@@H](C)NC(=O)[C@@H](CC)N(Cc1ccccc1)C(=O)CN(c1ccc([N+](=O)[O-])cc1)S(=O)(=O)c1ccccc1. The number of hydrogen-bond acceptors (Lipinski definition) is 6. The molecule has 0 aliphatic rings. The third kappa shape index (κ3) is 7.44. The molecule has 1 N–H and O–H groups in total. The molecule has 40 heavy (non-hydrogen) atoms. The van der Waals surface area contributed by atoms with E-state index in [1.165, 1.54) is 41.3 Å². The molecule has 0 aliphatic heterocycles. The standard InChI is InChI=1S/C29H34N4O6S/c1-4-22(3)30-29(35)27(5-2)31(20-23-12-8-6-9-13-23)28(34)21-32(24-16-18-25(19-17-24)33(36)37)40(38,39)26-14-10-7-11-15-26/h6-19,22,27H,4-5,20-21H2,1-3H3,(H,30,35)/t22-,27-/m1/s1. The van der Waals surface area contributed by atoms with Gasteiger partial charge >= 0.3 is 0 Å². The van der Waals surface area contributed by atoms with E-state index in [-0.39, 0.29) is 34.8 Å². The number of nitrogens with zero attached hydrogens (tertiary/aromatic N) is 3. The number of non-ortho nitro benzene ring substituents is 1. The fourth-order valence-corrected chi connectivity index (χ4v) is 5.56. The fourth-order valence-electron chi connectivity index (χ4n) is 4.13. The number of rotatable bonds is 13. The van der Waals surface area contributed by atoms with E-state index in [2.05, 4.69) is 5.32 Å². The molecular weight excluding hydrogens is 532 g/mol. The van der Waals surface area contributed by atoms with Gasteiger partial charge in [0, 0.05) is 24.7 Å². The maximum absolute atomic E-state index is 14.0. The van der Waals surface area contributed by atoms with Crippen molar-refractivity contribution in [3.63, 3.8) is 0 Å². The van der Waals surface area contributed by atoms with Crippen LogP contribution in [-0.2, 0) is 26.2 Å². The van der Waals surface area contributed by atoms with Gasteiger partial charge in [0.05, 0.1) is 15.5 Å². The summed E-state index contributed by atoms with van der Waals surface area (Å²) in [6.07, 6.45) is 1.02. The van der Waals surface area contributed by atoms with Gasteiger partial charge in [-0.25, -0.2) is 8.42 Å². The number of hydrogen-bond donors (Lipinski definition) is 1. The van der Waals surface area contributed by atoms with Crippen LogP contribution in [0.25, 0.3) is 0 Å². The molecule has 212 valence electrons. The number of amides is 2. The van der Waals surface area contributed by atoms with Crippen LogP contribution in [0.15, 0.2) is 89.8 Å². The first-order chi connectivity index (χ1) is 19.1. The Kier molecular flexibility index (Phi) is 10.4. The van der Waals surface area contributed by atoms with Crippen LogP contribution >= 0.6 is 0 Å². The van der Waals surface area contributed by atoms with Crippen molar-refractivity contribution < 1.29 is 22.9 Å². The maximum atomic E-state index is 14.0. The first kappa shape index (κ1) is 30.3. The third-order valence-electron chi connectivity index (χ3n) is 6.54. The molecule has 0 heterocycles. The highest BCUT2D eigenvalue weighted by molar-refractivity contribution is 7.92. The van der Waals surface area contributed by atoms with Crippen molar-refractivity contribution in [3.05, 3.63) is 101 Å². The third-order valence-corrected chi connectivity index (χ3v) is 8.33. The van der Waals surface area contributed by atoms with E-state index in [1.54, 1.807) is 25.1 Å². The Bertz CT molecular complexity index is 1400. The topological polar surface area (TPSA) is 130 Å². The lowest BCUT2D eigenvalue weighted by Crippen LogP contribution is -2.53. The van der Waals surface area contributed by atoms with Crippen LogP contribution in [0, 0.1) is 10.1 Å². The lowest BCUT2D eigenvalue weighted by molar-refractivity contribution is -0.384. The highest BCUT2D eigenvalue weighted by Crippen LogP contribution is 2.26. The highest BCUT2D eigenvalue weighted by atomic mass is 32.2. The summed E-state index contributed by atoms with van der Waals surface area (Å²) in [4.78, 5) is 39.2. The van der Waals surface area contributed by atoms with Crippen molar-refractivity contribution in [2.45, 2.75) is 57.1 Å². The van der Waals surface area contributed by atoms with Gasteiger partial charge in [0.2, 0.25) is 11.8 Å². The number of nitro benzene ring substituents is 1. The monoisotopic (exact) mass is 566 g/mol. The average Bonchev–Trinajstić information content (AvgIpc) is 2.96. The van der Waals surface area contributed by atoms with Crippen LogP contribution in [-0.4, -0.2) is 48.7 Å². The predicted molar refractivity (Wildman–Crippen MR) is 153 cm³/mol. The molecule has 0 aromatic heterocycles. The summed E-state index contributed by atoms with van der Waals surface area (Å²) < 4.78 is 28.5. The fraction of sp³-hybridized carbons (Fsp3) is 0.310. The molecule has 0 bridgehead atoms. The Morgan fingerprint density at radius 1 is 0.900 bits per heavy atom. The first-order valence-electron chi connectivity index (χ1n) is 13.0. The van der Waals surface area contributed by atoms with Gasteiger partial charge in [-0.2, -0.15) is 0 Å². The van der Waals surface area contributed by atoms with Crippen molar-refractivity contribution in [2.75, 3.05) is 10.8 Å². The van der Waals surface area contributed by atoms with Crippen LogP contribution in [0.2, 0.25) is 0 Å². The Balaban J connectivity index is 2.05. The smallest absolute Gasteiger partial charge is 0.269 e. The molecular formula is C29H34N4O6S. The number of anilines is 1. The molecule has 0 radical (unpaired) electrons. The highest BCUT2D eigenvalue weighted by Gasteiger charge is 2.34. The van der Waals surface area contributed by atoms with Crippen LogP contribution in [0.4, 0.5) is 11.4 Å². The minimum Gasteiger partial charge on any atom is -0.352 e.